The van der Waals surface area contributed by atoms with Crippen LogP contribution in [0.5, 0.6) is 0 Å². The van der Waals surface area contributed by atoms with E-state index in [0.29, 0.717) is 12.0 Å². The molecule has 1 aromatic rings. The van der Waals surface area contributed by atoms with Crippen LogP contribution >= 0.6 is 0 Å². The molecule has 4 N–H and O–H groups in total. The number of anilines is 3. The molecule has 2 fully saturated rings. The fourth-order valence-corrected chi connectivity index (χ4v) is 3.37. The summed E-state index contributed by atoms with van der Waals surface area (Å²) in [7, 11) is 2.01. The van der Waals surface area contributed by atoms with Gasteiger partial charge in [0.2, 0.25) is 5.95 Å². The van der Waals surface area contributed by atoms with Gasteiger partial charge in [0, 0.05) is 31.7 Å². The normalized spacial score (nSPS) is 22.9. The molecule has 6 heteroatoms. The molecule has 6 nitrogen and oxygen atoms in total. The molecule has 1 saturated carbocycles. The van der Waals surface area contributed by atoms with Crippen LogP contribution in [-0.2, 0) is 0 Å². The first-order chi connectivity index (χ1) is 10.2. The Morgan fingerprint density at radius 3 is 2.81 bits per heavy atom. The summed E-state index contributed by atoms with van der Waals surface area (Å²) in [5.74, 6) is 2.94. The van der Waals surface area contributed by atoms with Gasteiger partial charge in [-0.2, -0.15) is 9.97 Å². The second kappa shape index (κ2) is 6.47. The predicted molar refractivity (Wildman–Crippen MR) is 86.6 cm³/mol. The maximum Gasteiger partial charge on any atom is 0.223 e. The van der Waals surface area contributed by atoms with Gasteiger partial charge in [-0.15, -0.1) is 0 Å². The zero-order valence-electron chi connectivity index (χ0n) is 12.8. The number of hydrogen-bond donors (Lipinski definition) is 3. The number of nitrogens with zero attached hydrogens (tertiary/aromatic N) is 3. The van der Waals surface area contributed by atoms with E-state index < -0.39 is 0 Å². The van der Waals surface area contributed by atoms with E-state index in [1.807, 2.05) is 13.1 Å². The molecule has 0 radical (unpaired) electrons. The van der Waals surface area contributed by atoms with E-state index in [-0.39, 0.29) is 0 Å². The second-order valence-corrected chi connectivity index (χ2v) is 6.22. The molecule has 2 aliphatic rings. The third-order valence-electron chi connectivity index (χ3n) is 4.70. The highest BCUT2D eigenvalue weighted by Crippen LogP contribution is 2.26. The number of aromatic nitrogens is 2. The smallest absolute Gasteiger partial charge is 0.223 e. The van der Waals surface area contributed by atoms with Crippen molar-refractivity contribution >= 4 is 17.6 Å². The largest absolute Gasteiger partial charge is 0.370 e. The summed E-state index contributed by atoms with van der Waals surface area (Å²) in [5.41, 5.74) is 5.87. The number of hydrogen-bond acceptors (Lipinski definition) is 6. The van der Waals surface area contributed by atoms with Crippen molar-refractivity contribution in [3.63, 3.8) is 0 Å². The zero-order valence-corrected chi connectivity index (χ0v) is 12.8. The van der Waals surface area contributed by atoms with Crippen molar-refractivity contribution in [3.05, 3.63) is 6.07 Å². The van der Waals surface area contributed by atoms with Gasteiger partial charge in [-0.1, -0.05) is 12.8 Å². The fourth-order valence-electron chi connectivity index (χ4n) is 3.37. The van der Waals surface area contributed by atoms with Crippen LogP contribution in [0.2, 0.25) is 0 Å². The van der Waals surface area contributed by atoms with E-state index >= 15 is 0 Å². The van der Waals surface area contributed by atoms with Gasteiger partial charge in [-0.25, -0.2) is 0 Å². The molecule has 1 aliphatic heterocycles. The summed E-state index contributed by atoms with van der Waals surface area (Å²) >= 11 is 0. The van der Waals surface area contributed by atoms with Crippen molar-refractivity contribution in [1.29, 1.82) is 0 Å². The van der Waals surface area contributed by atoms with E-state index in [1.54, 1.807) is 0 Å². The molecule has 2 heterocycles. The molecule has 0 amide bonds. The van der Waals surface area contributed by atoms with Crippen LogP contribution in [0.3, 0.4) is 0 Å². The molecule has 1 saturated heterocycles. The van der Waals surface area contributed by atoms with E-state index in [1.165, 1.54) is 25.7 Å². The van der Waals surface area contributed by atoms with Crippen molar-refractivity contribution in [2.24, 2.45) is 5.92 Å². The van der Waals surface area contributed by atoms with Crippen LogP contribution in [-0.4, -0.2) is 42.7 Å². The molecule has 0 unspecified atom stereocenters. The molecule has 1 aliphatic carbocycles. The minimum Gasteiger partial charge on any atom is -0.370 e. The fraction of sp³-hybridized carbons (Fsp3) is 0.733. The third-order valence-corrected chi connectivity index (χ3v) is 4.70. The number of nitrogens with one attached hydrogen (secondary N) is 2. The zero-order chi connectivity index (χ0) is 14.7. The molecular formula is C15H26N6. The van der Waals surface area contributed by atoms with E-state index in [4.69, 9.17) is 5.73 Å². The lowest BCUT2D eigenvalue weighted by molar-refractivity contribution is 0.579. The Bertz CT molecular complexity index is 471. The number of nitrogens with two attached hydrogens (primary N) is 1. The lowest BCUT2D eigenvalue weighted by Crippen LogP contribution is -2.30. The summed E-state index contributed by atoms with van der Waals surface area (Å²) in [5, 5.41) is 6.77. The summed E-state index contributed by atoms with van der Waals surface area (Å²) in [4.78, 5) is 11.0. The van der Waals surface area contributed by atoms with E-state index in [0.717, 1.165) is 43.6 Å². The Labute approximate surface area is 126 Å². The van der Waals surface area contributed by atoms with Gasteiger partial charge >= 0.3 is 0 Å². The maximum atomic E-state index is 5.87. The van der Waals surface area contributed by atoms with Gasteiger partial charge < -0.3 is 21.3 Å². The van der Waals surface area contributed by atoms with Crippen molar-refractivity contribution in [2.45, 2.75) is 38.1 Å². The molecule has 0 aromatic carbocycles. The van der Waals surface area contributed by atoms with Gasteiger partial charge in [-0.3, -0.25) is 0 Å². The Kier molecular flexibility index (Phi) is 4.43. The van der Waals surface area contributed by atoms with Crippen LogP contribution in [0.25, 0.3) is 0 Å². The van der Waals surface area contributed by atoms with Gasteiger partial charge in [0.05, 0.1) is 0 Å². The molecule has 1 atom stereocenters. The first-order valence-corrected chi connectivity index (χ1v) is 8.05. The van der Waals surface area contributed by atoms with Gasteiger partial charge in [0.1, 0.15) is 11.6 Å². The van der Waals surface area contributed by atoms with Gasteiger partial charge in [0.15, 0.2) is 0 Å². The molecule has 116 valence electrons. The number of nitrogen functional groups attached to an aromatic ring is 1. The SMILES string of the molecule is CN[C@@H]1CCN(c2cc(NCC3CCCC3)nc(N)n2)C1. The first kappa shape index (κ1) is 14.4. The minimum atomic E-state index is 0.356. The van der Waals surface area contributed by atoms with Crippen LogP contribution in [0, 0.1) is 5.92 Å². The topological polar surface area (TPSA) is 79.1 Å². The van der Waals surface area contributed by atoms with Crippen molar-refractivity contribution in [1.82, 2.24) is 15.3 Å². The molecule has 21 heavy (non-hydrogen) atoms. The molecular weight excluding hydrogens is 264 g/mol. The van der Waals surface area contributed by atoms with Crippen LogP contribution in [0.1, 0.15) is 32.1 Å². The van der Waals surface area contributed by atoms with Gasteiger partial charge in [-0.05, 0) is 32.2 Å². The number of likely N-dealkylation sites (N-methyl/N-ethyl adjacent to an activating group) is 1. The number of rotatable bonds is 5. The van der Waals surface area contributed by atoms with Crippen molar-refractivity contribution < 1.29 is 0 Å². The average Bonchev–Trinajstić information content (AvgIpc) is 3.16. The second-order valence-electron chi connectivity index (χ2n) is 6.22. The third kappa shape index (κ3) is 3.56. The van der Waals surface area contributed by atoms with Gasteiger partial charge in [0.25, 0.3) is 0 Å². The average molecular weight is 290 g/mol. The Balaban J connectivity index is 1.64. The van der Waals surface area contributed by atoms with Crippen LogP contribution in [0.15, 0.2) is 6.07 Å². The Morgan fingerprint density at radius 1 is 1.29 bits per heavy atom. The monoisotopic (exact) mass is 290 g/mol. The summed E-state index contributed by atoms with van der Waals surface area (Å²) in [6, 6.07) is 2.57. The summed E-state index contributed by atoms with van der Waals surface area (Å²) < 4.78 is 0. The first-order valence-electron chi connectivity index (χ1n) is 8.05. The highest BCUT2D eigenvalue weighted by molar-refractivity contribution is 5.53. The highest BCUT2D eigenvalue weighted by Gasteiger charge is 2.23. The van der Waals surface area contributed by atoms with Crippen molar-refractivity contribution in [3.8, 4) is 0 Å². The maximum absolute atomic E-state index is 5.87. The predicted octanol–water partition coefficient (Wildman–Crippen LogP) is 1.46. The summed E-state index contributed by atoms with van der Waals surface area (Å²) in [6.07, 6.45) is 6.53. The van der Waals surface area contributed by atoms with Crippen molar-refractivity contribution in [2.75, 3.05) is 42.6 Å². The highest BCUT2D eigenvalue weighted by atomic mass is 15.3. The summed E-state index contributed by atoms with van der Waals surface area (Å²) in [6.45, 7) is 2.99. The lowest BCUT2D eigenvalue weighted by atomic mass is 10.1. The molecule has 0 spiro atoms. The van der Waals surface area contributed by atoms with E-state index in [2.05, 4.69) is 25.5 Å². The quantitative estimate of drug-likeness (QED) is 0.762. The molecule has 1 aromatic heterocycles. The standard InChI is InChI=1S/C15H26N6/c1-17-12-6-7-21(10-12)14-8-13(19-15(16)20-14)18-9-11-4-2-3-5-11/h8,11-12,17H,2-7,9-10H2,1H3,(H3,16,18,19,20)/t12-/m1/s1. The van der Waals surface area contributed by atoms with Crippen LogP contribution < -0.4 is 21.3 Å². The van der Waals surface area contributed by atoms with Crippen LogP contribution in [0.4, 0.5) is 17.6 Å². The molecule has 3 rings (SSSR count). The molecule has 0 bridgehead atoms. The Hall–Kier alpha value is -1.56. The van der Waals surface area contributed by atoms with E-state index in [9.17, 15) is 0 Å². The minimum absolute atomic E-state index is 0.356. The Morgan fingerprint density at radius 2 is 2.10 bits per heavy atom. The lowest BCUT2D eigenvalue weighted by Gasteiger charge is -2.19.